The van der Waals surface area contributed by atoms with E-state index in [1.54, 1.807) is 0 Å². The van der Waals surface area contributed by atoms with Crippen molar-refractivity contribution in [2.75, 3.05) is 0 Å². The Labute approximate surface area is 153 Å². The van der Waals surface area contributed by atoms with Crippen molar-refractivity contribution in [1.82, 2.24) is 0 Å². The summed E-state index contributed by atoms with van der Waals surface area (Å²) in [4.78, 5) is 0. The molecule has 0 aliphatic heterocycles. The van der Waals surface area contributed by atoms with Gasteiger partial charge < -0.3 is 8.85 Å². The summed E-state index contributed by atoms with van der Waals surface area (Å²) in [6.07, 6.45) is 8.81. The summed E-state index contributed by atoms with van der Waals surface area (Å²) in [7, 11) is -3.80. The lowest BCUT2D eigenvalue weighted by atomic mass is 10.1. The minimum Gasteiger partial charge on any atom is -0.411 e. The topological polar surface area (TPSA) is 18.5 Å². The fourth-order valence-electron chi connectivity index (χ4n) is 1.86. The van der Waals surface area contributed by atoms with Gasteiger partial charge in [-0.15, -0.1) is 18.9 Å². The lowest BCUT2D eigenvalue weighted by molar-refractivity contribution is 0.0589. The van der Waals surface area contributed by atoms with Crippen molar-refractivity contribution in [2.24, 2.45) is 0 Å². The molecule has 0 fully saturated rings. The summed E-state index contributed by atoms with van der Waals surface area (Å²) in [5.74, 6) is 2.75. The van der Waals surface area contributed by atoms with Gasteiger partial charge in [-0.2, -0.15) is 0 Å². The van der Waals surface area contributed by atoms with Crippen LogP contribution in [0.15, 0.2) is 12.7 Å². The van der Waals surface area contributed by atoms with Crippen molar-refractivity contribution in [2.45, 2.75) is 103 Å². The average Bonchev–Trinajstić information content (AvgIpc) is 2.38. The third-order valence-electron chi connectivity index (χ3n) is 5.66. The van der Waals surface area contributed by atoms with Gasteiger partial charge in [-0.05, 0) is 42.7 Å². The van der Waals surface area contributed by atoms with Crippen LogP contribution in [0, 0.1) is 12.3 Å². The predicted molar refractivity (Wildman–Crippen MR) is 112 cm³/mol. The number of rotatable bonds is 8. The highest BCUT2D eigenvalue weighted by molar-refractivity contribution is 6.74. The van der Waals surface area contributed by atoms with E-state index in [2.05, 4.69) is 80.2 Å². The molecule has 2 atom stereocenters. The average molecular weight is 369 g/mol. The van der Waals surface area contributed by atoms with Crippen molar-refractivity contribution in [3.05, 3.63) is 12.7 Å². The number of terminal acetylenes is 1. The Bertz CT molecular complexity index is 448. The van der Waals surface area contributed by atoms with E-state index >= 15 is 0 Å². The summed E-state index contributed by atoms with van der Waals surface area (Å²) in [5.41, 5.74) is 0. The molecule has 0 aliphatic rings. The van der Waals surface area contributed by atoms with Crippen LogP contribution in [0.3, 0.4) is 0 Å². The first kappa shape index (κ1) is 23.7. The second-order valence-corrected chi connectivity index (χ2v) is 19.3. The Balaban J connectivity index is 5.48. The van der Waals surface area contributed by atoms with Crippen LogP contribution in [0.2, 0.25) is 36.3 Å². The van der Waals surface area contributed by atoms with Crippen molar-refractivity contribution < 1.29 is 8.85 Å². The maximum absolute atomic E-state index is 6.69. The predicted octanol–water partition coefficient (Wildman–Crippen LogP) is 6.37. The monoisotopic (exact) mass is 368 g/mol. The van der Waals surface area contributed by atoms with Gasteiger partial charge in [0.1, 0.15) is 0 Å². The molecule has 0 radical (unpaired) electrons. The molecule has 0 heterocycles. The quantitative estimate of drug-likeness (QED) is 0.282. The van der Waals surface area contributed by atoms with Gasteiger partial charge in [0.2, 0.25) is 0 Å². The van der Waals surface area contributed by atoms with Crippen molar-refractivity contribution in [3.8, 4) is 12.3 Å². The van der Waals surface area contributed by atoms with Gasteiger partial charge >= 0.3 is 0 Å². The highest BCUT2D eigenvalue weighted by Gasteiger charge is 2.43. The normalized spacial score (nSPS) is 16.4. The molecule has 140 valence electrons. The Hall–Kier alpha value is -0.346. The maximum Gasteiger partial charge on any atom is 0.193 e. The minimum atomic E-state index is -1.90. The molecule has 0 bridgehead atoms. The molecule has 2 nitrogen and oxygen atoms in total. The van der Waals surface area contributed by atoms with Crippen LogP contribution < -0.4 is 0 Å². The third-order valence-corrected chi connectivity index (χ3v) is 14.6. The van der Waals surface area contributed by atoms with Gasteiger partial charge in [0, 0.05) is 6.42 Å². The van der Waals surface area contributed by atoms with E-state index in [0.29, 0.717) is 6.42 Å². The maximum atomic E-state index is 6.69. The second kappa shape index (κ2) is 8.36. The molecule has 0 aromatic carbocycles. The summed E-state index contributed by atoms with van der Waals surface area (Å²) in [6, 6.07) is 0. The molecule has 0 amide bonds. The van der Waals surface area contributed by atoms with E-state index < -0.39 is 16.6 Å². The Kier molecular flexibility index (Phi) is 8.24. The zero-order valence-corrected chi connectivity index (χ0v) is 19.7. The molecular formula is C20H40O2Si2. The fourth-order valence-corrected chi connectivity index (χ4v) is 4.51. The Morgan fingerprint density at radius 1 is 0.958 bits per heavy atom. The van der Waals surface area contributed by atoms with Gasteiger partial charge in [-0.25, -0.2) is 0 Å². The zero-order valence-electron chi connectivity index (χ0n) is 17.7. The van der Waals surface area contributed by atoms with E-state index in [1.165, 1.54) is 0 Å². The zero-order chi connectivity index (χ0) is 19.4. The van der Waals surface area contributed by atoms with E-state index in [9.17, 15) is 0 Å². The highest BCUT2D eigenvalue weighted by Crippen LogP contribution is 2.41. The third kappa shape index (κ3) is 6.52. The van der Waals surface area contributed by atoms with Gasteiger partial charge in [0.25, 0.3) is 0 Å². The molecule has 0 saturated carbocycles. The first-order chi connectivity index (χ1) is 10.6. The molecule has 0 aliphatic carbocycles. The number of hydrogen-bond acceptors (Lipinski definition) is 2. The van der Waals surface area contributed by atoms with Gasteiger partial charge in [0.05, 0.1) is 12.2 Å². The molecule has 0 saturated heterocycles. The number of hydrogen-bond donors (Lipinski definition) is 0. The summed E-state index contributed by atoms with van der Waals surface area (Å²) >= 11 is 0. The standard InChI is InChI=1S/C20H40O2Si2/c1-13-15-16-18(22-24(11,12)20(6,7)8)17(14-2)21-23(9,10)19(3,4)5/h1,14,17-18H,2,15-16H2,3-12H3/t17-,18-/m0/s1. The molecule has 0 aromatic heterocycles. The summed E-state index contributed by atoms with van der Waals surface area (Å²) in [6.45, 7) is 26.7. The van der Waals surface area contributed by atoms with Crippen molar-refractivity contribution in [3.63, 3.8) is 0 Å². The summed E-state index contributed by atoms with van der Waals surface area (Å²) in [5, 5.41) is 0.311. The first-order valence-corrected chi connectivity index (χ1v) is 14.8. The smallest absolute Gasteiger partial charge is 0.193 e. The van der Waals surface area contributed by atoms with Gasteiger partial charge in [0.15, 0.2) is 16.6 Å². The minimum absolute atomic E-state index is 0.0198. The van der Waals surface area contributed by atoms with Crippen LogP contribution in [0.5, 0.6) is 0 Å². The van der Waals surface area contributed by atoms with E-state index in [-0.39, 0.29) is 22.3 Å². The van der Waals surface area contributed by atoms with Crippen LogP contribution in [0.4, 0.5) is 0 Å². The SMILES string of the molecule is C#CCC[C@H](O[Si](C)(C)C(C)(C)C)[C@H](C=C)O[Si](C)(C)C(C)(C)C. The molecule has 0 unspecified atom stereocenters. The van der Waals surface area contributed by atoms with Gasteiger partial charge in [-0.3, -0.25) is 0 Å². The Morgan fingerprint density at radius 3 is 1.71 bits per heavy atom. The van der Waals surface area contributed by atoms with Gasteiger partial charge in [-0.1, -0.05) is 47.6 Å². The molecule has 0 spiro atoms. The van der Waals surface area contributed by atoms with Crippen LogP contribution in [0.25, 0.3) is 0 Å². The van der Waals surface area contributed by atoms with Crippen LogP contribution in [0.1, 0.15) is 54.4 Å². The molecule has 0 rings (SSSR count). The molecular weight excluding hydrogens is 328 g/mol. The molecule has 0 N–H and O–H groups in total. The lowest BCUT2D eigenvalue weighted by Crippen LogP contribution is -2.51. The molecule has 0 aromatic rings. The first-order valence-electron chi connectivity index (χ1n) is 9.01. The van der Waals surface area contributed by atoms with Crippen LogP contribution >= 0.6 is 0 Å². The van der Waals surface area contributed by atoms with Crippen LogP contribution in [-0.4, -0.2) is 28.8 Å². The second-order valence-electron chi connectivity index (χ2n) is 9.74. The van der Waals surface area contributed by atoms with E-state index in [0.717, 1.165) is 6.42 Å². The van der Waals surface area contributed by atoms with Crippen LogP contribution in [-0.2, 0) is 8.85 Å². The highest BCUT2D eigenvalue weighted by atomic mass is 28.4. The van der Waals surface area contributed by atoms with E-state index in [1.807, 2.05) is 6.08 Å². The molecule has 24 heavy (non-hydrogen) atoms. The fraction of sp³-hybridized carbons (Fsp3) is 0.800. The van der Waals surface area contributed by atoms with Crippen molar-refractivity contribution in [1.29, 1.82) is 0 Å². The molecule has 4 heteroatoms. The van der Waals surface area contributed by atoms with E-state index in [4.69, 9.17) is 15.3 Å². The van der Waals surface area contributed by atoms with Crippen molar-refractivity contribution >= 4 is 16.6 Å². The lowest BCUT2D eigenvalue weighted by Gasteiger charge is -2.44. The summed E-state index contributed by atoms with van der Waals surface area (Å²) < 4.78 is 13.3. The Morgan fingerprint density at radius 2 is 1.38 bits per heavy atom. The largest absolute Gasteiger partial charge is 0.411 e.